The molecule has 4 aromatic rings. The van der Waals surface area contributed by atoms with Crippen LogP contribution in [0.3, 0.4) is 0 Å². The number of carbonyl (C=O) groups excluding carboxylic acids is 2. The van der Waals surface area contributed by atoms with Crippen LogP contribution in [0, 0.1) is 0 Å². The summed E-state index contributed by atoms with van der Waals surface area (Å²) in [5, 5.41) is 21.0. The lowest BCUT2D eigenvalue weighted by Gasteiger charge is -2.12. The van der Waals surface area contributed by atoms with E-state index in [-0.39, 0.29) is 17.1 Å². The maximum atomic E-state index is 13.1. The van der Waals surface area contributed by atoms with Gasteiger partial charge in [-0.05, 0) is 48.7 Å². The maximum absolute atomic E-state index is 13.1. The molecule has 178 valence electrons. The molecule has 2 aromatic heterocycles. The van der Waals surface area contributed by atoms with Gasteiger partial charge in [0.2, 0.25) is 5.88 Å². The van der Waals surface area contributed by atoms with Crippen LogP contribution in [0.2, 0.25) is 5.02 Å². The molecule has 1 saturated carbocycles. The minimum Gasteiger partial charge on any atom is -0.481 e. The van der Waals surface area contributed by atoms with E-state index in [1.54, 1.807) is 54.5 Å². The number of hydrogen-bond donors (Lipinski definition) is 3. The minimum absolute atomic E-state index is 0.177. The number of halogens is 1. The molecular weight excluding hydrogens is 470 g/mol. The molecule has 0 saturated heterocycles. The van der Waals surface area contributed by atoms with Crippen molar-refractivity contribution in [2.75, 3.05) is 12.4 Å². The summed E-state index contributed by atoms with van der Waals surface area (Å²) < 4.78 is 6.83. The normalized spacial score (nSPS) is 13.9. The fraction of sp³-hybridized carbons (Fsp3) is 0.200. The molecule has 1 aliphatic rings. The van der Waals surface area contributed by atoms with Crippen molar-refractivity contribution in [2.45, 2.75) is 25.0 Å². The quantitative estimate of drug-likeness (QED) is 0.364. The number of aliphatic hydroxyl groups is 1. The van der Waals surface area contributed by atoms with Crippen LogP contribution in [0.25, 0.3) is 16.6 Å². The van der Waals surface area contributed by atoms with Gasteiger partial charge in [-0.15, -0.1) is 0 Å². The number of nitrogens with one attached hydrogen (secondary N) is 2. The van der Waals surface area contributed by atoms with E-state index < -0.39 is 17.4 Å². The van der Waals surface area contributed by atoms with Crippen molar-refractivity contribution in [3.8, 4) is 11.6 Å². The van der Waals surface area contributed by atoms with Gasteiger partial charge in [-0.3, -0.25) is 9.59 Å². The first-order valence-electron chi connectivity index (χ1n) is 11.0. The number of benzene rings is 2. The topological polar surface area (TPSA) is 118 Å². The Bertz CT molecular complexity index is 1430. The fourth-order valence-corrected chi connectivity index (χ4v) is 3.93. The van der Waals surface area contributed by atoms with Crippen molar-refractivity contribution in [3.63, 3.8) is 0 Å². The molecule has 3 N–H and O–H groups in total. The molecular formula is C25H22ClN5O4. The minimum atomic E-state index is -1.25. The van der Waals surface area contributed by atoms with Crippen LogP contribution in [0.5, 0.6) is 5.88 Å². The smallest absolute Gasteiger partial charge is 0.257 e. The van der Waals surface area contributed by atoms with Gasteiger partial charge in [-0.2, -0.15) is 5.10 Å². The molecule has 0 atom stereocenters. The third-order valence-corrected chi connectivity index (χ3v) is 6.24. The van der Waals surface area contributed by atoms with Gasteiger partial charge in [0.25, 0.3) is 11.8 Å². The summed E-state index contributed by atoms with van der Waals surface area (Å²) in [6.45, 7) is 0.177. The van der Waals surface area contributed by atoms with Crippen molar-refractivity contribution in [2.24, 2.45) is 0 Å². The third kappa shape index (κ3) is 4.55. The van der Waals surface area contributed by atoms with E-state index in [4.69, 9.17) is 16.3 Å². The fourth-order valence-electron chi connectivity index (χ4n) is 3.72. The van der Waals surface area contributed by atoms with Crippen LogP contribution in [0.15, 0.2) is 60.9 Å². The van der Waals surface area contributed by atoms with Gasteiger partial charge >= 0.3 is 0 Å². The zero-order valence-electron chi connectivity index (χ0n) is 18.8. The number of nitrogens with zero attached hydrogens (tertiary/aromatic N) is 3. The van der Waals surface area contributed by atoms with E-state index in [2.05, 4.69) is 20.7 Å². The van der Waals surface area contributed by atoms with Crippen molar-refractivity contribution in [1.82, 2.24) is 20.1 Å². The number of methoxy groups -OCH3 is 1. The van der Waals surface area contributed by atoms with Crippen molar-refractivity contribution in [1.29, 1.82) is 0 Å². The Morgan fingerprint density at radius 3 is 2.71 bits per heavy atom. The molecule has 10 heteroatoms. The van der Waals surface area contributed by atoms with Crippen LogP contribution < -0.4 is 15.4 Å². The van der Waals surface area contributed by atoms with E-state index in [0.717, 1.165) is 16.6 Å². The molecule has 0 bridgehead atoms. The first kappa shape index (κ1) is 22.8. The molecule has 2 amide bonds. The number of anilines is 1. The lowest BCUT2D eigenvalue weighted by molar-refractivity contribution is -0.131. The predicted octanol–water partition coefficient (Wildman–Crippen LogP) is 3.48. The van der Waals surface area contributed by atoms with Crippen molar-refractivity contribution < 1.29 is 19.4 Å². The van der Waals surface area contributed by atoms with Crippen molar-refractivity contribution in [3.05, 3.63) is 77.1 Å². The Balaban J connectivity index is 1.36. The molecule has 0 aliphatic heterocycles. The predicted molar refractivity (Wildman–Crippen MR) is 131 cm³/mol. The highest BCUT2D eigenvalue weighted by molar-refractivity contribution is 6.34. The Morgan fingerprint density at radius 2 is 2.00 bits per heavy atom. The number of pyridine rings is 1. The van der Waals surface area contributed by atoms with Crippen molar-refractivity contribution >= 4 is 40.0 Å². The van der Waals surface area contributed by atoms with Crippen LogP contribution in [-0.2, 0) is 11.3 Å². The lowest BCUT2D eigenvalue weighted by Crippen LogP contribution is -2.35. The molecule has 2 aromatic carbocycles. The van der Waals surface area contributed by atoms with E-state index in [0.29, 0.717) is 30.0 Å². The van der Waals surface area contributed by atoms with Gasteiger partial charge in [-0.25, -0.2) is 9.67 Å². The summed E-state index contributed by atoms with van der Waals surface area (Å²) >= 11 is 6.31. The van der Waals surface area contributed by atoms with Crippen LogP contribution >= 0.6 is 11.6 Å². The molecule has 5 rings (SSSR count). The summed E-state index contributed by atoms with van der Waals surface area (Å²) in [6.07, 6.45) is 4.25. The number of ether oxygens (including phenoxy) is 1. The molecule has 0 unspecified atom stereocenters. The summed E-state index contributed by atoms with van der Waals surface area (Å²) in [5.74, 6) is -0.301. The molecule has 2 heterocycles. The van der Waals surface area contributed by atoms with Gasteiger partial charge in [-0.1, -0.05) is 23.7 Å². The molecule has 9 nitrogen and oxygen atoms in total. The maximum Gasteiger partial charge on any atom is 0.257 e. The second-order valence-electron chi connectivity index (χ2n) is 8.34. The number of amides is 2. The molecule has 0 spiro atoms. The average molecular weight is 492 g/mol. The Labute approximate surface area is 205 Å². The number of carbonyl (C=O) groups is 2. The standard InChI is InChI=1S/C25H22ClN5O4/c1-35-22-8-6-16(13-27-22)31-21-4-2-3-20(18(21)14-29-31)30-23(32)17-11-15(5-7-19(17)26)12-28-24(33)25(34)9-10-25/h2-8,11,13-14,34H,9-10,12H2,1H3,(H,28,33)(H,30,32). The Hall–Kier alpha value is -3.95. The largest absolute Gasteiger partial charge is 0.481 e. The average Bonchev–Trinajstić information content (AvgIpc) is 3.48. The van der Waals surface area contributed by atoms with Gasteiger partial charge in [0.1, 0.15) is 5.60 Å². The highest BCUT2D eigenvalue weighted by atomic mass is 35.5. The lowest BCUT2D eigenvalue weighted by atomic mass is 10.1. The first-order chi connectivity index (χ1) is 16.9. The zero-order valence-corrected chi connectivity index (χ0v) is 19.5. The highest BCUT2D eigenvalue weighted by Crippen LogP contribution is 2.35. The zero-order chi connectivity index (χ0) is 24.6. The van der Waals surface area contributed by atoms with Crippen LogP contribution in [-0.4, -0.2) is 44.4 Å². The SMILES string of the molecule is COc1ccc(-n2ncc3c(NC(=O)c4cc(CNC(=O)C5(O)CC5)ccc4Cl)cccc32)cn1. The van der Waals surface area contributed by atoms with Gasteiger partial charge in [0, 0.05) is 18.0 Å². The third-order valence-electron chi connectivity index (χ3n) is 5.91. The number of aromatic nitrogens is 3. The summed E-state index contributed by atoms with van der Waals surface area (Å²) in [4.78, 5) is 29.3. The van der Waals surface area contributed by atoms with E-state index in [1.807, 2.05) is 18.2 Å². The number of rotatable bonds is 7. The van der Waals surface area contributed by atoms with Crippen LogP contribution in [0.1, 0.15) is 28.8 Å². The molecule has 35 heavy (non-hydrogen) atoms. The monoisotopic (exact) mass is 491 g/mol. The molecule has 1 aliphatic carbocycles. The van der Waals surface area contributed by atoms with Gasteiger partial charge in [0.15, 0.2) is 0 Å². The van der Waals surface area contributed by atoms with E-state index in [9.17, 15) is 14.7 Å². The second-order valence-corrected chi connectivity index (χ2v) is 8.74. The molecule has 1 fully saturated rings. The van der Waals surface area contributed by atoms with E-state index >= 15 is 0 Å². The summed E-state index contributed by atoms with van der Waals surface area (Å²) in [7, 11) is 1.55. The molecule has 0 radical (unpaired) electrons. The Morgan fingerprint density at radius 1 is 1.17 bits per heavy atom. The van der Waals surface area contributed by atoms with Crippen LogP contribution in [0.4, 0.5) is 5.69 Å². The van der Waals surface area contributed by atoms with Gasteiger partial charge in [0.05, 0.1) is 47.0 Å². The van der Waals surface area contributed by atoms with E-state index in [1.165, 1.54) is 0 Å². The first-order valence-corrected chi connectivity index (χ1v) is 11.3. The summed E-state index contributed by atoms with van der Waals surface area (Å²) in [5.41, 5.74) is 1.82. The number of fused-ring (bicyclic) bond motifs is 1. The summed E-state index contributed by atoms with van der Waals surface area (Å²) in [6, 6.07) is 14.1. The highest BCUT2D eigenvalue weighted by Gasteiger charge is 2.47. The van der Waals surface area contributed by atoms with Gasteiger partial charge < -0.3 is 20.5 Å². The Kier molecular flexibility index (Phi) is 5.88. The number of hydrogen-bond acceptors (Lipinski definition) is 6. The second kappa shape index (κ2) is 9.01.